The number of aliphatic hydroxyl groups excluding tert-OH is 5. The van der Waals surface area contributed by atoms with E-state index in [0.717, 1.165) is 0 Å². The topological polar surface area (TPSA) is 127 Å². The number of hydrogen-bond acceptors (Lipinski definition) is 7. The molecule has 0 saturated heterocycles. The van der Waals surface area contributed by atoms with Crippen molar-refractivity contribution in [1.82, 2.24) is 0 Å². The van der Waals surface area contributed by atoms with E-state index in [9.17, 15) is 4.79 Å². The third-order valence-electron chi connectivity index (χ3n) is 2.64. The van der Waals surface area contributed by atoms with Gasteiger partial charge in [-0.1, -0.05) is 18.2 Å². The molecule has 7 nitrogen and oxygen atoms in total. The molecule has 21 heavy (non-hydrogen) atoms. The van der Waals surface area contributed by atoms with Crippen molar-refractivity contribution in [3.8, 4) is 5.75 Å². The van der Waals surface area contributed by atoms with E-state index in [1.165, 1.54) is 6.92 Å². The zero-order valence-corrected chi connectivity index (χ0v) is 11.8. The predicted octanol–water partition coefficient (Wildman–Crippen LogP) is -1.09. The molecule has 0 bridgehead atoms. The second-order valence-electron chi connectivity index (χ2n) is 4.54. The summed E-state index contributed by atoms with van der Waals surface area (Å²) < 4.78 is 4.79. The zero-order chi connectivity index (χ0) is 16.3. The molecule has 0 heterocycles. The highest BCUT2D eigenvalue weighted by Gasteiger charge is 2.26. The standard InChI is InChI=1S/C9H10O3.C5H12O4/c1-7(10)9(11)12-8-5-3-2-4-6-8;6-1-5(2-7,3-8)4-9/h2-7,10H,1H3;6-9H,1-4H2. The molecule has 120 valence electrons. The fourth-order valence-electron chi connectivity index (χ4n) is 0.990. The van der Waals surface area contributed by atoms with E-state index in [-0.39, 0.29) is 0 Å². The Labute approximate surface area is 123 Å². The van der Waals surface area contributed by atoms with Gasteiger partial charge < -0.3 is 30.3 Å². The van der Waals surface area contributed by atoms with E-state index in [1.54, 1.807) is 24.3 Å². The van der Waals surface area contributed by atoms with Crippen molar-refractivity contribution in [2.24, 2.45) is 5.41 Å². The Morgan fingerprint density at radius 3 is 1.76 bits per heavy atom. The highest BCUT2D eigenvalue weighted by Crippen LogP contribution is 2.12. The van der Waals surface area contributed by atoms with Gasteiger partial charge in [0.15, 0.2) is 0 Å². The van der Waals surface area contributed by atoms with Gasteiger partial charge in [0.2, 0.25) is 0 Å². The van der Waals surface area contributed by atoms with E-state index in [1.807, 2.05) is 6.07 Å². The SMILES string of the molecule is CC(O)C(=O)Oc1ccccc1.OCC(CO)(CO)CO. The number of rotatable bonds is 6. The first-order chi connectivity index (χ1) is 9.94. The first-order valence-electron chi connectivity index (χ1n) is 6.33. The largest absolute Gasteiger partial charge is 0.425 e. The van der Waals surface area contributed by atoms with Crippen molar-refractivity contribution in [3.63, 3.8) is 0 Å². The van der Waals surface area contributed by atoms with Crippen LogP contribution < -0.4 is 4.74 Å². The van der Waals surface area contributed by atoms with E-state index < -0.39 is 43.9 Å². The molecule has 0 aromatic heterocycles. The van der Waals surface area contributed by atoms with Crippen LogP contribution in [0, 0.1) is 5.41 Å². The predicted molar refractivity (Wildman–Crippen MR) is 74.5 cm³/mol. The number of carbonyl (C=O) groups is 1. The number of carbonyl (C=O) groups excluding carboxylic acids is 1. The van der Waals surface area contributed by atoms with Crippen LogP contribution in [0.1, 0.15) is 6.92 Å². The summed E-state index contributed by atoms with van der Waals surface area (Å²) in [4.78, 5) is 10.8. The van der Waals surface area contributed by atoms with Crippen LogP contribution in [0.5, 0.6) is 5.75 Å². The van der Waals surface area contributed by atoms with Crippen LogP contribution in [-0.4, -0.2) is 64.0 Å². The smallest absolute Gasteiger partial charge is 0.340 e. The average molecular weight is 302 g/mol. The van der Waals surface area contributed by atoms with Crippen molar-refractivity contribution in [2.45, 2.75) is 13.0 Å². The van der Waals surface area contributed by atoms with Gasteiger partial charge >= 0.3 is 5.97 Å². The normalized spacial score (nSPS) is 12.1. The number of benzene rings is 1. The molecule has 0 saturated carbocycles. The molecule has 5 N–H and O–H groups in total. The molecule has 1 atom stereocenters. The lowest BCUT2D eigenvalue weighted by atomic mass is 9.93. The molecule has 0 aliphatic heterocycles. The highest BCUT2D eigenvalue weighted by atomic mass is 16.5. The summed E-state index contributed by atoms with van der Waals surface area (Å²) in [5, 5.41) is 42.8. The van der Waals surface area contributed by atoms with Gasteiger partial charge in [-0.15, -0.1) is 0 Å². The summed E-state index contributed by atoms with van der Waals surface area (Å²) in [5.74, 6) is -0.190. The molecule has 1 aromatic rings. The molecule has 7 heteroatoms. The quantitative estimate of drug-likeness (QED) is 0.334. The van der Waals surface area contributed by atoms with E-state index in [4.69, 9.17) is 30.3 Å². The van der Waals surface area contributed by atoms with Crippen LogP contribution in [0.15, 0.2) is 30.3 Å². The first kappa shape index (κ1) is 19.5. The number of esters is 1. The molecule has 1 rings (SSSR count). The van der Waals surface area contributed by atoms with Crippen LogP contribution in [-0.2, 0) is 4.79 Å². The lowest BCUT2D eigenvalue weighted by molar-refractivity contribution is -0.142. The summed E-state index contributed by atoms with van der Waals surface area (Å²) >= 11 is 0. The minimum Gasteiger partial charge on any atom is -0.425 e. The molecule has 0 aliphatic rings. The lowest BCUT2D eigenvalue weighted by Crippen LogP contribution is -2.37. The highest BCUT2D eigenvalue weighted by molar-refractivity contribution is 5.76. The molecule has 0 radical (unpaired) electrons. The molecular weight excluding hydrogens is 280 g/mol. The third kappa shape index (κ3) is 7.16. The average Bonchev–Trinajstić information content (AvgIpc) is 2.52. The summed E-state index contributed by atoms with van der Waals surface area (Å²) in [6.45, 7) is -0.259. The Morgan fingerprint density at radius 1 is 1.05 bits per heavy atom. The zero-order valence-electron chi connectivity index (χ0n) is 11.8. The van der Waals surface area contributed by atoms with Crippen LogP contribution in [0.2, 0.25) is 0 Å². The van der Waals surface area contributed by atoms with Crippen LogP contribution >= 0.6 is 0 Å². The maximum absolute atomic E-state index is 10.8. The van der Waals surface area contributed by atoms with Gasteiger partial charge in [-0.25, -0.2) is 4.79 Å². The first-order valence-corrected chi connectivity index (χ1v) is 6.33. The van der Waals surface area contributed by atoms with Crippen molar-refractivity contribution in [1.29, 1.82) is 0 Å². The summed E-state index contributed by atoms with van der Waals surface area (Å²) in [6.07, 6.45) is -1.08. The monoisotopic (exact) mass is 302 g/mol. The number of ether oxygens (including phenoxy) is 1. The van der Waals surface area contributed by atoms with Gasteiger partial charge in [0.25, 0.3) is 0 Å². The van der Waals surface area contributed by atoms with E-state index in [0.29, 0.717) is 5.75 Å². The summed E-state index contributed by atoms with van der Waals surface area (Å²) in [6, 6.07) is 8.63. The Hall–Kier alpha value is -1.51. The van der Waals surface area contributed by atoms with Gasteiger partial charge in [-0.05, 0) is 19.1 Å². The maximum atomic E-state index is 10.8. The summed E-state index contributed by atoms with van der Waals surface area (Å²) in [5.41, 5.74) is -1.11. The summed E-state index contributed by atoms with van der Waals surface area (Å²) in [7, 11) is 0. The molecule has 0 fully saturated rings. The van der Waals surface area contributed by atoms with Crippen LogP contribution in [0.25, 0.3) is 0 Å². The van der Waals surface area contributed by atoms with Gasteiger partial charge in [0.1, 0.15) is 11.9 Å². The molecule has 0 spiro atoms. The molecule has 1 unspecified atom stereocenters. The Balaban J connectivity index is 0.000000400. The van der Waals surface area contributed by atoms with Gasteiger partial charge in [0.05, 0.1) is 31.8 Å². The van der Waals surface area contributed by atoms with Crippen LogP contribution in [0.3, 0.4) is 0 Å². The lowest BCUT2D eigenvalue weighted by Gasteiger charge is -2.23. The molecular formula is C14H22O7. The second kappa shape index (κ2) is 10.3. The molecule has 1 aromatic carbocycles. The molecule has 0 amide bonds. The fourth-order valence-corrected chi connectivity index (χ4v) is 0.990. The van der Waals surface area contributed by atoms with Gasteiger partial charge in [-0.3, -0.25) is 0 Å². The van der Waals surface area contributed by atoms with Crippen molar-refractivity contribution >= 4 is 5.97 Å². The minimum absolute atomic E-state index is 0.406. The number of aliphatic hydroxyl groups is 5. The Bertz CT molecular complexity index is 370. The van der Waals surface area contributed by atoms with Gasteiger partial charge in [-0.2, -0.15) is 0 Å². The Morgan fingerprint density at radius 2 is 1.48 bits per heavy atom. The van der Waals surface area contributed by atoms with Crippen molar-refractivity contribution < 1.29 is 35.1 Å². The minimum atomic E-state index is -1.11. The Kier molecular flexibility index (Phi) is 9.51. The van der Waals surface area contributed by atoms with Gasteiger partial charge in [0, 0.05) is 0 Å². The maximum Gasteiger partial charge on any atom is 0.340 e. The third-order valence-corrected chi connectivity index (χ3v) is 2.64. The second-order valence-corrected chi connectivity index (χ2v) is 4.54. The van der Waals surface area contributed by atoms with Crippen LogP contribution in [0.4, 0.5) is 0 Å². The fraction of sp³-hybridized carbons (Fsp3) is 0.500. The van der Waals surface area contributed by atoms with Crippen molar-refractivity contribution in [3.05, 3.63) is 30.3 Å². The number of para-hydroxylation sites is 1. The van der Waals surface area contributed by atoms with E-state index in [2.05, 4.69) is 0 Å². The van der Waals surface area contributed by atoms with Crippen molar-refractivity contribution in [2.75, 3.05) is 26.4 Å². The molecule has 0 aliphatic carbocycles. The number of hydrogen-bond donors (Lipinski definition) is 5. The van der Waals surface area contributed by atoms with E-state index >= 15 is 0 Å².